The van der Waals surface area contributed by atoms with Crippen LogP contribution in [0.1, 0.15) is 79.6 Å². The highest BCUT2D eigenvalue weighted by molar-refractivity contribution is 5.30. The molecule has 0 aromatic heterocycles. The molecule has 142 valence electrons. The minimum atomic E-state index is -0.129. The van der Waals surface area contributed by atoms with Gasteiger partial charge in [-0.05, 0) is 62.9 Å². The topological polar surface area (TPSA) is 42.0 Å². The Morgan fingerprint density at radius 1 is 1.08 bits per heavy atom. The molecule has 6 atom stereocenters. The van der Waals surface area contributed by atoms with E-state index < -0.39 is 0 Å². The summed E-state index contributed by atoms with van der Waals surface area (Å²) in [5, 5.41) is 9.30. The van der Waals surface area contributed by atoms with E-state index in [1.54, 1.807) is 0 Å². The van der Waals surface area contributed by atoms with Crippen LogP contribution in [0.5, 0.6) is 0 Å². The van der Waals surface area contributed by atoms with Gasteiger partial charge in [-0.2, -0.15) is 0 Å². The van der Waals surface area contributed by atoms with E-state index in [4.69, 9.17) is 9.47 Å². The van der Waals surface area contributed by atoms with E-state index in [9.17, 15) is 5.11 Å². The monoisotopic (exact) mass is 348 g/mol. The number of aliphatic hydroxyl groups is 1. The van der Waals surface area contributed by atoms with Crippen LogP contribution in [0, 0.1) is 16.7 Å². The third-order valence-corrected chi connectivity index (χ3v) is 8.38. The highest BCUT2D eigenvalue weighted by Gasteiger charge is 2.65. The predicted octanol–water partition coefficient (Wildman–Crippen LogP) is 4.63. The van der Waals surface area contributed by atoms with E-state index in [1.807, 2.05) is 0 Å². The van der Waals surface area contributed by atoms with E-state index in [-0.39, 0.29) is 35.4 Å². The molecule has 2 saturated heterocycles. The summed E-state index contributed by atoms with van der Waals surface area (Å²) in [7, 11) is 0. The maximum Gasteiger partial charge on any atom is 0.107 e. The molecule has 0 amide bonds. The molecule has 2 heterocycles. The molecule has 0 unspecified atom stereocenters. The van der Waals surface area contributed by atoms with Crippen molar-refractivity contribution in [3.05, 3.63) is 11.6 Å². The number of hydrogen-bond donors (Lipinski definition) is 1. The largest absolute Gasteiger partial charge is 0.394 e. The van der Waals surface area contributed by atoms with E-state index in [2.05, 4.69) is 40.7 Å². The second-order valence-electron chi connectivity index (χ2n) is 10.4. The Hall–Kier alpha value is -0.380. The Morgan fingerprint density at radius 3 is 2.52 bits per heavy atom. The third kappa shape index (κ3) is 2.56. The minimum absolute atomic E-state index is 0.0388. The molecule has 3 fully saturated rings. The van der Waals surface area contributed by atoms with Gasteiger partial charge in [-0.1, -0.05) is 33.3 Å². The number of fused-ring (bicyclic) bond motifs is 2. The first-order valence-corrected chi connectivity index (χ1v) is 10.3. The van der Waals surface area contributed by atoms with E-state index in [0.29, 0.717) is 11.3 Å². The number of aliphatic hydroxyl groups excluding tert-OH is 1. The first kappa shape index (κ1) is 18.0. The molecule has 1 spiro atoms. The molecule has 4 rings (SSSR count). The van der Waals surface area contributed by atoms with E-state index >= 15 is 0 Å². The molecular formula is C22H36O3. The Morgan fingerprint density at radius 2 is 1.84 bits per heavy atom. The maximum atomic E-state index is 9.30. The second kappa shape index (κ2) is 5.56. The summed E-state index contributed by atoms with van der Waals surface area (Å²) < 4.78 is 12.7. The van der Waals surface area contributed by atoms with Crippen molar-refractivity contribution >= 4 is 0 Å². The fraction of sp³-hybridized carbons (Fsp3) is 0.909. The van der Waals surface area contributed by atoms with Crippen LogP contribution >= 0.6 is 0 Å². The Labute approximate surface area is 153 Å². The summed E-state index contributed by atoms with van der Waals surface area (Å²) >= 11 is 0. The molecular weight excluding hydrogens is 312 g/mol. The van der Waals surface area contributed by atoms with Crippen molar-refractivity contribution in [3.63, 3.8) is 0 Å². The molecule has 25 heavy (non-hydrogen) atoms. The zero-order valence-electron chi connectivity index (χ0n) is 16.7. The van der Waals surface area contributed by atoms with Crippen LogP contribution in [-0.2, 0) is 9.47 Å². The first-order valence-electron chi connectivity index (χ1n) is 10.3. The number of epoxide rings is 1. The van der Waals surface area contributed by atoms with Gasteiger partial charge < -0.3 is 14.6 Å². The van der Waals surface area contributed by atoms with Crippen LogP contribution in [0.3, 0.4) is 0 Å². The van der Waals surface area contributed by atoms with Crippen LogP contribution in [-0.4, -0.2) is 35.1 Å². The van der Waals surface area contributed by atoms with Gasteiger partial charge >= 0.3 is 0 Å². The Balaban J connectivity index is 1.64. The molecule has 2 aliphatic carbocycles. The normalized spacial score (nSPS) is 51.3. The number of hydrogen-bond acceptors (Lipinski definition) is 3. The van der Waals surface area contributed by atoms with E-state index in [1.165, 1.54) is 31.3 Å². The van der Waals surface area contributed by atoms with Crippen molar-refractivity contribution < 1.29 is 14.6 Å². The average Bonchev–Trinajstić information content (AvgIpc) is 3.16. The Kier molecular flexibility index (Phi) is 4.00. The summed E-state index contributed by atoms with van der Waals surface area (Å²) in [4.78, 5) is 0. The van der Waals surface area contributed by atoms with Crippen LogP contribution in [0.15, 0.2) is 11.6 Å². The minimum Gasteiger partial charge on any atom is -0.394 e. The highest BCUT2D eigenvalue weighted by atomic mass is 16.6. The summed E-state index contributed by atoms with van der Waals surface area (Å²) in [6.45, 7) is 12.2. The molecule has 0 radical (unpaired) electrons. The molecule has 0 aromatic carbocycles. The van der Waals surface area contributed by atoms with Crippen LogP contribution in [0.2, 0.25) is 0 Å². The molecule has 1 N–H and O–H groups in total. The SMILES string of the molecule is CC1=CC[C@H]2C(C)(C)CCC[C@]2(C)[C@@]12CC[C@@](C)(C[C@H]1O[C@@H]1CO)O2. The zero-order chi connectivity index (χ0) is 18.1. The molecule has 0 bridgehead atoms. The fourth-order valence-corrected chi connectivity index (χ4v) is 6.83. The molecule has 3 heteroatoms. The summed E-state index contributed by atoms with van der Waals surface area (Å²) in [6, 6.07) is 0. The van der Waals surface area contributed by atoms with Gasteiger partial charge in [0.2, 0.25) is 0 Å². The van der Waals surface area contributed by atoms with Gasteiger partial charge in [0.1, 0.15) is 6.10 Å². The third-order valence-electron chi connectivity index (χ3n) is 8.38. The first-order chi connectivity index (χ1) is 11.7. The van der Waals surface area contributed by atoms with Gasteiger partial charge in [0.25, 0.3) is 0 Å². The van der Waals surface area contributed by atoms with Gasteiger partial charge in [-0.15, -0.1) is 0 Å². The van der Waals surface area contributed by atoms with Crippen molar-refractivity contribution in [1.82, 2.24) is 0 Å². The molecule has 3 nitrogen and oxygen atoms in total. The fourth-order valence-electron chi connectivity index (χ4n) is 6.83. The lowest BCUT2D eigenvalue weighted by Crippen LogP contribution is -2.59. The standard InChI is InChI=1S/C22H36O3/c1-15-7-8-18-19(2,3)9-6-10-21(18,5)22(15)12-11-20(4,25-22)13-16-17(14-23)24-16/h7,16-18,23H,6,8-14H2,1-5H3/t16-,17-,18+,20+,21+,22-/m1/s1. The molecule has 4 aliphatic rings. The van der Waals surface area contributed by atoms with Gasteiger partial charge in [-0.3, -0.25) is 0 Å². The number of ether oxygens (including phenoxy) is 2. The number of allylic oxidation sites excluding steroid dienone is 1. The smallest absolute Gasteiger partial charge is 0.107 e. The van der Waals surface area contributed by atoms with Gasteiger partial charge in [0, 0.05) is 11.8 Å². The molecule has 2 aliphatic heterocycles. The maximum absolute atomic E-state index is 9.30. The average molecular weight is 349 g/mol. The van der Waals surface area contributed by atoms with Crippen molar-refractivity contribution in [2.45, 2.75) is 103 Å². The summed E-state index contributed by atoms with van der Waals surface area (Å²) in [6.07, 6.45) is 11.0. The van der Waals surface area contributed by atoms with Crippen LogP contribution in [0.25, 0.3) is 0 Å². The van der Waals surface area contributed by atoms with Crippen LogP contribution < -0.4 is 0 Å². The number of rotatable bonds is 3. The van der Waals surface area contributed by atoms with Crippen molar-refractivity contribution in [1.29, 1.82) is 0 Å². The van der Waals surface area contributed by atoms with Crippen LogP contribution in [0.4, 0.5) is 0 Å². The van der Waals surface area contributed by atoms with Crippen molar-refractivity contribution in [3.8, 4) is 0 Å². The summed E-state index contributed by atoms with van der Waals surface area (Å²) in [5.41, 5.74) is 1.85. The molecule has 0 aromatic rings. The molecule has 1 saturated carbocycles. The van der Waals surface area contributed by atoms with Gasteiger partial charge in [0.05, 0.1) is 23.9 Å². The zero-order valence-corrected chi connectivity index (χ0v) is 16.7. The lowest BCUT2D eigenvalue weighted by atomic mass is 9.46. The second-order valence-corrected chi connectivity index (χ2v) is 10.4. The highest BCUT2D eigenvalue weighted by Crippen LogP contribution is 2.66. The predicted molar refractivity (Wildman–Crippen MR) is 99.4 cm³/mol. The lowest BCUT2D eigenvalue weighted by Gasteiger charge is -2.61. The quantitative estimate of drug-likeness (QED) is 0.597. The summed E-state index contributed by atoms with van der Waals surface area (Å²) in [5.74, 6) is 0.696. The van der Waals surface area contributed by atoms with Gasteiger partial charge in [0.15, 0.2) is 0 Å². The van der Waals surface area contributed by atoms with E-state index in [0.717, 1.165) is 19.3 Å². The lowest BCUT2D eigenvalue weighted by molar-refractivity contribution is -0.190. The van der Waals surface area contributed by atoms with Gasteiger partial charge in [-0.25, -0.2) is 0 Å². The van der Waals surface area contributed by atoms with Crippen molar-refractivity contribution in [2.24, 2.45) is 16.7 Å². The Bertz CT molecular complexity index is 582. The van der Waals surface area contributed by atoms with Crippen molar-refractivity contribution in [2.75, 3.05) is 6.61 Å².